The Morgan fingerprint density at radius 3 is 2.25 bits per heavy atom. The van der Waals surface area contributed by atoms with E-state index in [-0.39, 0.29) is 23.7 Å². The van der Waals surface area contributed by atoms with Gasteiger partial charge in [-0.15, -0.1) is 0 Å². The second-order valence-corrected chi connectivity index (χ2v) is 7.76. The van der Waals surface area contributed by atoms with Crippen molar-refractivity contribution in [1.29, 1.82) is 0 Å². The minimum Gasteiger partial charge on any atom is -0.381 e. The topological polar surface area (TPSA) is 83.8 Å². The molecule has 2 N–H and O–H groups in total. The highest BCUT2D eigenvalue weighted by molar-refractivity contribution is 6.36. The third-order valence-electron chi connectivity index (χ3n) is 5.31. The Labute approximate surface area is 142 Å². The minimum atomic E-state index is -1.80. The van der Waals surface area contributed by atoms with Crippen molar-refractivity contribution in [2.45, 2.75) is 63.9 Å². The van der Waals surface area contributed by atoms with E-state index in [2.05, 4.69) is 30.9 Å². The van der Waals surface area contributed by atoms with Crippen LogP contribution in [0.5, 0.6) is 0 Å². The summed E-state index contributed by atoms with van der Waals surface area (Å²) in [6, 6.07) is 10.1. The molecule has 24 heavy (non-hydrogen) atoms. The molecule has 1 fully saturated rings. The van der Waals surface area contributed by atoms with Gasteiger partial charge >= 0.3 is 5.97 Å². The summed E-state index contributed by atoms with van der Waals surface area (Å²) in [6.45, 7) is 6.05. The van der Waals surface area contributed by atoms with E-state index in [9.17, 15) is 14.7 Å². The molecule has 0 aromatic heterocycles. The van der Waals surface area contributed by atoms with Gasteiger partial charge in [-0.2, -0.15) is 5.26 Å². The Hall–Kier alpha value is -1.72. The van der Waals surface area contributed by atoms with Crippen LogP contribution in [0.15, 0.2) is 30.3 Å². The first kappa shape index (κ1) is 18.6. The van der Waals surface area contributed by atoms with Gasteiger partial charge in [-0.1, -0.05) is 51.1 Å². The summed E-state index contributed by atoms with van der Waals surface area (Å²) >= 11 is 0. The van der Waals surface area contributed by atoms with Crippen LogP contribution < -0.4 is 0 Å². The Kier molecular flexibility index (Phi) is 5.16. The second kappa shape index (κ2) is 6.65. The lowest BCUT2D eigenvalue weighted by atomic mass is 9.50. The zero-order valence-corrected chi connectivity index (χ0v) is 14.5. The predicted molar refractivity (Wildman–Crippen MR) is 89.3 cm³/mol. The van der Waals surface area contributed by atoms with Crippen molar-refractivity contribution < 1.29 is 24.8 Å². The van der Waals surface area contributed by atoms with E-state index in [1.807, 2.05) is 18.2 Å². The first-order valence-electron chi connectivity index (χ1n) is 8.36. The number of rotatable bonds is 7. The smallest absolute Gasteiger partial charge is 0.381 e. The number of hydrogen-bond donors (Lipinski definition) is 2. The molecule has 1 aromatic rings. The van der Waals surface area contributed by atoms with Crippen LogP contribution in [-0.4, -0.2) is 27.7 Å². The maximum atomic E-state index is 12.0. The maximum absolute atomic E-state index is 12.0. The molecule has 1 saturated carbocycles. The molecule has 5 heteroatoms. The third kappa shape index (κ3) is 3.52. The van der Waals surface area contributed by atoms with E-state index in [0.717, 1.165) is 12.8 Å². The van der Waals surface area contributed by atoms with E-state index in [4.69, 9.17) is 5.26 Å². The minimum absolute atomic E-state index is 0.0925. The molecule has 2 rings (SSSR count). The van der Waals surface area contributed by atoms with Crippen LogP contribution >= 0.6 is 0 Å². The molecular weight excluding hydrogens is 308 g/mol. The third-order valence-corrected chi connectivity index (χ3v) is 5.31. The highest BCUT2D eigenvalue weighted by Crippen LogP contribution is 2.58. The summed E-state index contributed by atoms with van der Waals surface area (Å²) in [5.74, 6) is -2.50. The lowest BCUT2D eigenvalue weighted by molar-refractivity contribution is -0.235. The summed E-state index contributed by atoms with van der Waals surface area (Å²) in [7, 11) is 0. The average molecular weight is 334 g/mol. The monoisotopic (exact) mass is 334 g/mol. The van der Waals surface area contributed by atoms with Gasteiger partial charge < -0.3 is 5.11 Å². The molecule has 1 aliphatic rings. The Morgan fingerprint density at radius 2 is 1.79 bits per heavy atom. The fourth-order valence-electron chi connectivity index (χ4n) is 4.23. The van der Waals surface area contributed by atoms with Crippen LogP contribution in [0, 0.1) is 5.41 Å². The van der Waals surface area contributed by atoms with Crippen molar-refractivity contribution in [3.63, 3.8) is 0 Å². The lowest BCUT2D eigenvalue weighted by Crippen LogP contribution is -2.50. The van der Waals surface area contributed by atoms with Gasteiger partial charge in [0.15, 0.2) is 0 Å². The normalized spacial score (nSPS) is 20.5. The highest BCUT2D eigenvalue weighted by atomic mass is 17.1. The van der Waals surface area contributed by atoms with Crippen LogP contribution in [0.1, 0.15) is 58.4 Å². The second-order valence-electron chi connectivity index (χ2n) is 7.76. The Balaban J connectivity index is 2.19. The van der Waals surface area contributed by atoms with Crippen molar-refractivity contribution in [2.75, 3.05) is 0 Å². The summed E-state index contributed by atoms with van der Waals surface area (Å²) in [5, 5.41) is 19.0. The van der Waals surface area contributed by atoms with Crippen molar-refractivity contribution in [3.05, 3.63) is 35.9 Å². The molecular formula is C19H26O5. The number of hydrogen-bond acceptors (Lipinski definition) is 5. The fraction of sp³-hybridized carbons (Fsp3) is 0.579. The van der Waals surface area contributed by atoms with E-state index in [1.54, 1.807) is 6.92 Å². The number of aliphatic hydroxyl groups is 1. The van der Waals surface area contributed by atoms with E-state index >= 15 is 0 Å². The van der Waals surface area contributed by atoms with Gasteiger partial charge in [-0.3, -0.25) is 9.68 Å². The lowest BCUT2D eigenvalue weighted by Gasteiger charge is -2.54. The van der Waals surface area contributed by atoms with Crippen LogP contribution in [0.2, 0.25) is 0 Å². The van der Waals surface area contributed by atoms with Crippen molar-refractivity contribution in [3.8, 4) is 0 Å². The fourth-order valence-corrected chi connectivity index (χ4v) is 4.23. The number of carbonyl (C=O) groups is 2. The molecule has 0 saturated heterocycles. The van der Waals surface area contributed by atoms with Gasteiger partial charge in [-0.05, 0) is 48.5 Å². The molecule has 0 heterocycles. The molecule has 1 aromatic carbocycles. The maximum Gasteiger partial charge on any atom is 0.411 e. The summed E-state index contributed by atoms with van der Waals surface area (Å²) in [6.07, 6.45) is 2.76. The summed E-state index contributed by atoms with van der Waals surface area (Å²) in [4.78, 5) is 26.8. The molecule has 0 radical (unpaired) electrons. The van der Waals surface area contributed by atoms with Gasteiger partial charge in [0, 0.05) is 0 Å². The molecule has 1 unspecified atom stereocenters. The Bertz CT molecular complexity index is 599. The molecule has 1 aliphatic carbocycles. The van der Waals surface area contributed by atoms with Crippen LogP contribution in [-0.2, 0) is 19.9 Å². The van der Waals surface area contributed by atoms with Crippen molar-refractivity contribution >= 4 is 11.8 Å². The SMILES string of the molecule is CCC(O)(CCC1(c2ccccc2)CC(C)(C)C1)C(=O)C(=O)OO. The zero-order valence-electron chi connectivity index (χ0n) is 14.5. The number of Topliss-reactive ketones (excluding diaryl/α,β-unsaturated/α-hetero) is 1. The number of benzene rings is 1. The average Bonchev–Trinajstić information content (AvgIpc) is 2.56. The molecule has 0 aliphatic heterocycles. The van der Waals surface area contributed by atoms with Gasteiger partial charge in [0.2, 0.25) is 0 Å². The van der Waals surface area contributed by atoms with Crippen LogP contribution in [0.25, 0.3) is 0 Å². The highest BCUT2D eigenvalue weighted by Gasteiger charge is 2.51. The van der Waals surface area contributed by atoms with Crippen molar-refractivity contribution in [2.24, 2.45) is 5.41 Å². The Morgan fingerprint density at radius 1 is 1.21 bits per heavy atom. The molecule has 0 amide bonds. The molecule has 132 valence electrons. The van der Waals surface area contributed by atoms with Crippen LogP contribution in [0.4, 0.5) is 0 Å². The molecule has 1 atom stereocenters. The van der Waals surface area contributed by atoms with Gasteiger partial charge in [0.05, 0.1) is 0 Å². The number of ketones is 1. The van der Waals surface area contributed by atoms with Gasteiger partial charge in [-0.25, -0.2) is 4.79 Å². The standard InChI is InChI=1S/C19H26O5/c1-4-19(22,15(20)16(21)24-23)11-10-18(12-17(2,3)13-18)14-8-6-5-7-9-14/h5-9,22-23H,4,10-13H2,1-3H3. The zero-order chi connectivity index (χ0) is 18.0. The van der Waals surface area contributed by atoms with E-state index in [1.165, 1.54) is 5.56 Å². The first-order chi connectivity index (χ1) is 11.2. The van der Waals surface area contributed by atoms with Gasteiger partial charge in [0.1, 0.15) is 5.60 Å². The first-order valence-corrected chi connectivity index (χ1v) is 8.36. The van der Waals surface area contributed by atoms with Crippen molar-refractivity contribution in [1.82, 2.24) is 0 Å². The predicted octanol–water partition coefficient (Wildman–Crippen LogP) is 3.25. The van der Waals surface area contributed by atoms with E-state index < -0.39 is 17.4 Å². The molecule has 5 nitrogen and oxygen atoms in total. The van der Waals surface area contributed by atoms with Gasteiger partial charge in [0.25, 0.3) is 5.78 Å². The largest absolute Gasteiger partial charge is 0.411 e. The quantitative estimate of drug-likeness (QED) is 0.454. The summed E-state index contributed by atoms with van der Waals surface area (Å²) < 4.78 is 0. The summed E-state index contributed by atoms with van der Waals surface area (Å²) in [5.41, 5.74) is -0.493. The van der Waals surface area contributed by atoms with Crippen LogP contribution in [0.3, 0.4) is 0 Å². The molecule has 0 spiro atoms. The molecule has 0 bridgehead atoms. The van der Waals surface area contributed by atoms with E-state index in [0.29, 0.717) is 6.42 Å². The number of carbonyl (C=O) groups excluding carboxylic acids is 2.